The molecule has 0 unspecified atom stereocenters. The Morgan fingerprint density at radius 2 is 1.65 bits per heavy atom. The summed E-state index contributed by atoms with van der Waals surface area (Å²) >= 11 is 0. The van der Waals surface area contributed by atoms with Crippen LogP contribution in [0.1, 0.15) is 29.7 Å². The molecule has 0 heterocycles. The number of hydrogen-bond acceptors (Lipinski definition) is 2. The molecule has 2 aromatic rings. The van der Waals surface area contributed by atoms with E-state index >= 15 is 0 Å². The number of aliphatic hydroxyl groups is 1. The molecule has 3 heteroatoms. The molecule has 0 aliphatic heterocycles. The van der Waals surface area contributed by atoms with Crippen molar-refractivity contribution in [3.05, 3.63) is 58.9 Å². The van der Waals surface area contributed by atoms with E-state index in [0.29, 0.717) is 5.56 Å². The highest BCUT2D eigenvalue weighted by atomic mass is 19.1. The lowest BCUT2D eigenvalue weighted by molar-refractivity contribution is 0.199. The Bertz CT molecular complexity index is 602. The van der Waals surface area contributed by atoms with Crippen molar-refractivity contribution in [1.29, 1.82) is 0 Å². The summed E-state index contributed by atoms with van der Waals surface area (Å²) in [4.78, 5) is 1.97. The lowest BCUT2D eigenvalue weighted by Gasteiger charge is -2.24. The van der Waals surface area contributed by atoms with Gasteiger partial charge in [-0.05, 0) is 62.2 Å². The van der Waals surface area contributed by atoms with E-state index in [4.69, 9.17) is 0 Å². The zero-order chi connectivity index (χ0) is 14.9. The van der Waals surface area contributed by atoms with Gasteiger partial charge in [-0.25, -0.2) is 4.39 Å². The number of anilines is 2. The quantitative estimate of drug-likeness (QED) is 0.903. The van der Waals surface area contributed by atoms with Gasteiger partial charge in [0.05, 0.1) is 6.10 Å². The molecule has 2 rings (SSSR count). The number of aliphatic hydroxyl groups excluding tert-OH is 1. The van der Waals surface area contributed by atoms with Crippen molar-refractivity contribution in [1.82, 2.24) is 0 Å². The summed E-state index contributed by atoms with van der Waals surface area (Å²) < 4.78 is 13.4. The van der Waals surface area contributed by atoms with Crippen LogP contribution in [-0.4, -0.2) is 12.2 Å². The molecule has 2 nitrogen and oxygen atoms in total. The predicted octanol–water partition coefficient (Wildman–Crippen LogP) is 4.26. The number of nitrogens with zero attached hydrogens (tertiary/aromatic N) is 1. The summed E-state index contributed by atoms with van der Waals surface area (Å²) in [6, 6.07) is 10.8. The molecule has 20 heavy (non-hydrogen) atoms. The van der Waals surface area contributed by atoms with Crippen molar-refractivity contribution in [2.45, 2.75) is 26.9 Å². The summed E-state index contributed by atoms with van der Waals surface area (Å²) in [5, 5.41) is 9.84. The van der Waals surface area contributed by atoms with Crippen molar-refractivity contribution in [2.75, 3.05) is 11.9 Å². The van der Waals surface area contributed by atoms with Gasteiger partial charge >= 0.3 is 0 Å². The van der Waals surface area contributed by atoms with Gasteiger partial charge in [-0.1, -0.05) is 6.07 Å². The normalized spacial score (nSPS) is 12.3. The van der Waals surface area contributed by atoms with Crippen LogP contribution in [0.2, 0.25) is 0 Å². The molecule has 0 amide bonds. The highest BCUT2D eigenvalue weighted by Crippen LogP contribution is 2.32. The van der Waals surface area contributed by atoms with Crippen LogP contribution in [0.3, 0.4) is 0 Å². The number of halogens is 1. The van der Waals surface area contributed by atoms with E-state index in [-0.39, 0.29) is 5.82 Å². The molecule has 1 N–H and O–H groups in total. The first-order chi connectivity index (χ1) is 9.38. The van der Waals surface area contributed by atoms with Crippen LogP contribution in [0, 0.1) is 19.7 Å². The first-order valence-electron chi connectivity index (χ1n) is 6.68. The summed E-state index contributed by atoms with van der Waals surface area (Å²) in [5.74, 6) is -0.335. The lowest BCUT2D eigenvalue weighted by Crippen LogP contribution is -2.13. The monoisotopic (exact) mass is 273 g/mol. The van der Waals surface area contributed by atoms with Crippen LogP contribution in [-0.2, 0) is 0 Å². The Balaban J connectivity index is 2.50. The van der Waals surface area contributed by atoms with Crippen LogP contribution in [0.25, 0.3) is 0 Å². The highest BCUT2D eigenvalue weighted by Gasteiger charge is 2.14. The van der Waals surface area contributed by atoms with Crippen molar-refractivity contribution < 1.29 is 9.50 Å². The minimum atomic E-state index is -0.714. The third-order valence-electron chi connectivity index (χ3n) is 3.39. The highest BCUT2D eigenvalue weighted by molar-refractivity contribution is 5.67. The second-order valence-electron chi connectivity index (χ2n) is 5.28. The maximum Gasteiger partial charge on any atom is 0.123 e. The first-order valence-corrected chi connectivity index (χ1v) is 6.68. The van der Waals surface area contributed by atoms with E-state index < -0.39 is 6.10 Å². The number of hydrogen-bond donors (Lipinski definition) is 1. The van der Waals surface area contributed by atoms with Crippen LogP contribution in [0.15, 0.2) is 36.4 Å². The van der Waals surface area contributed by atoms with Gasteiger partial charge in [0.1, 0.15) is 5.82 Å². The maximum atomic E-state index is 13.4. The van der Waals surface area contributed by atoms with Crippen molar-refractivity contribution in [3.8, 4) is 0 Å². The van der Waals surface area contributed by atoms with Gasteiger partial charge < -0.3 is 10.0 Å². The Labute approximate surface area is 119 Å². The van der Waals surface area contributed by atoms with Gasteiger partial charge in [-0.2, -0.15) is 0 Å². The van der Waals surface area contributed by atoms with E-state index in [1.165, 1.54) is 23.3 Å². The minimum Gasteiger partial charge on any atom is -0.389 e. The second kappa shape index (κ2) is 5.63. The summed E-state index contributed by atoms with van der Waals surface area (Å²) in [5.41, 5.74) is 4.77. The molecule has 0 saturated carbocycles. The zero-order valence-electron chi connectivity index (χ0n) is 12.3. The maximum absolute atomic E-state index is 13.4. The fourth-order valence-corrected chi connectivity index (χ4v) is 2.45. The van der Waals surface area contributed by atoms with Gasteiger partial charge in [0.15, 0.2) is 0 Å². The summed E-state index contributed by atoms with van der Waals surface area (Å²) in [6.45, 7) is 5.74. The Morgan fingerprint density at radius 3 is 2.20 bits per heavy atom. The number of rotatable bonds is 3. The molecule has 0 fully saturated rings. The Morgan fingerprint density at radius 1 is 1.05 bits per heavy atom. The third kappa shape index (κ3) is 2.99. The Hall–Kier alpha value is -1.87. The molecule has 0 aromatic heterocycles. The smallest absolute Gasteiger partial charge is 0.123 e. The van der Waals surface area contributed by atoms with Crippen molar-refractivity contribution in [2.24, 2.45) is 0 Å². The van der Waals surface area contributed by atoms with Crippen molar-refractivity contribution >= 4 is 11.4 Å². The predicted molar refractivity (Wildman–Crippen MR) is 81.0 cm³/mol. The van der Waals surface area contributed by atoms with Gasteiger partial charge in [0.25, 0.3) is 0 Å². The van der Waals surface area contributed by atoms with Gasteiger partial charge in [-0.15, -0.1) is 0 Å². The van der Waals surface area contributed by atoms with E-state index in [1.807, 2.05) is 25.8 Å². The first kappa shape index (κ1) is 14.5. The summed E-state index contributed by atoms with van der Waals surface area (Å²) in [6.07, 6.45) is -0.714. The molecule has 0 bridgehead atoms. The van der Waals surface area contributed by atoms with Crippen molar-refractivity contribution in [3.63, 3.8) is 0 Å². The van der Waals surface area contributed by atoms with E-state index in [1.54, 1.807) is 13.0 Å². The molecule has 1 atom stereocenters. The lowest BCUT2D eigenvalue weighted by atomic mass is 10.1. The fraction of sp³-hybridized carbons (Fsp3) is 0.294. The second-order valence-corrected chi connectivity index (χ2v) is 5.28. The van der Waals surface area contributed by atoms with E-state index in [9.17, 15) is 9.50 Å². The van der Waals surface area contributed by atoms with Gasteiger partial charge in [-0.3, -0.25) is 0 Å². The number of aryl methyl sites for hydroxylation is 2. The molecule has 0 aliphatic carbocycles. The molecule has 0 radical (unpaired) electrons. The van der Waals surface area contributed by atoms with Gasteiger partial charge in [0, 0.05) is 24.0 Å². The van der Waals surface area contributed by atoms with Crippen LogP contribution in [0.4, 0.5) is 15.8 Å². The van der Waals surface area contributed by atoms with Crippen LogP contribution in [0.5, 0.6) is 0 Å². The average molecular weight is 273 g/mol. The SMILES string of the molecule is Cc1cc(C)cc(N(C)c2ccc(F)cc2[C@H](C)O)c1. The molecular weight excluding hydrogens is 253 g/mol. The van der Waals surface area contributed by atoms with E-state index in [2.05, 4.69) is 18.2 Å². The summed E-state index contributed by atoms with van der Waals surface area (Å²) in [7, 11) is 1.92. The average Bonchev–Trinajstić information content (AvgIpc) is 2.36. The molecule has 0 aliphatic rings. The molecule has 106 valence electrons. The van der Waals surface area contributed by atoms with E-state index in [0.717, 1.165) is 11.4 Å². The molecule has 2 aromatic carbocycles. The zero-order valence-corrected chi connectivity index (χ0v) is 12.3. The standard InChI is InChI=1S/C17H20FNO/c1-11-7-12(2)9-15(8-11)19(4)17-6-5-14(18)10-16(17)13(3)20/h5-10,13,20H,1-4H3/t13-/m0/s1. The minimum absolute atomic E-state index is 0.335. The topological polar surface area (TPSA) is 23.5 Å². The molecular formula is C17H20FNO. The largest absolute Gasteiger partial charge is 0.389 e. The molecule has 0 spiro atoms. The number of benzene rings is 2. The third-order valence-corrected chi connectivity index (χ3v) is 3.39. The van der Waals surface area contributed by atoms with Crippen LogP contribution < -0.4 is 4.90 Å². The van der Waals surface area contributed by atoms with Gasteiger partial charge in [0.2, 0.25) is 0 Å². The van der Waals surface area contributed by atoms with Crippen LogP contribution >= 0.6 is 0 Å². The fourth-order valence-electron chi connectivity index (χ4n) is 2.45. The Kier molecular flexibility index (Phi) is 4.09. The molecule has 0 saturated heterocycles.